The first-order chi connectivity index (χ1) is 16.4. The molecule has 3 aromatic rings. The van der Waals surface area contributed by atoms with Crippen molar-refractivity contribution >= 4 is 28.5 Å². The van der Waals surface area contributed by atoms with Gasteiger partial charge in [0, 0.05) is 36.3 Å². The Balaban J connectivity index is 1.87. The van der Waals surface area contributed by atoms with E-state index >= 15 is 0 Å². The summed E-state index contributed by atoms with van der Waals surface area (Å²) in [5.74, 6) is 0.794. The summed E-state index contributed by atoms with van der Waals surface area (Å²) >= 11 is 0. The lowest BCUT2D eigenvalue weighted by atomic mass is 10.0. The maximum absolute atomic E-state index is 12.4. The van der Waals surface area contributed by atoms with Gasteiger partial charge in [0.15, 0.2) is 5.84 Å². The molecule has 9 heteroatoms. The smallest absolute Gasteiger partial charge is 0.337 e. The topological polar surface area (TPSA) is 97.1 Å². The molecule has 3 heterocycles. The largest absolute Gasteiger partial charge is 0.465 e. The van der Waals surface area contributed by atoms with Gasteiger partial charge in [-0.05, 0) is 43.7 Å². The maximum Gasteiger partial charge on any atom is 0.337 e. The highest BCUT2D eigenvalue weighted by Gasteiger charge is 2.22. The van der Waals surface area contributed by atoms with Crippen molar-refractivity contribution < 1.29 is 14.3 Å². The number of methoxy groups -OCH3 is 1. The van der Waals surface area contributed by atoms with Crippen LogP contribution in [0.1, 0.15) is 34.1 Å². The van der Waals surface area contributed by atoms with Crippen LogP contribution in [0.25, 0.3) is 10.9 Å². The number of fused-ring (bicyclic) bond motifs is 1. The molecule has 9 nitrogen and oxygen atoms in total. The van der Waals surface area contributed by atoms with E-state index in [1.807, 2.05) is 37.1 Å². The highest BCUT2D eigenvalue weighted by atomic mass is 16.5. The summed E-state index contributed by atoms with van der Waals surface area (Å²) in [5.41, 5.74) is 4.00. The Hall–Kier alpha value is -3.72. The molecule has 4 rings (SSSR count). The van der Waals surface area contributed by atoms with Gasteiger partial charge >= 0.3 is 5.97 Å². The first-order valence-electron chi connectivity index (χ1n) is 11.2. The Kier molecular flexibility index (Phi) is 6.93. The zero-order chi connectivity index (χ0) is 24.2. The Labute approximate surface area is 198 Å². The number of hydrogen-bond donors (Lipinski definition) is 1. The SMILES string of the molecule is C=C/C(=N\C(=N/Cc1c(C)cnn1C)c1cc(C(=O)OC)cc2[nH]ccc12)N1CCOCC1C. The Bertz CT molecular complexity index is 1250. The summed E-state index contributed by atoms with van der Waals surface area (Å²) < 4.78 is 12.4. The summed E-state index contributed by atoms with van der Waals surface area (Å²) in [5, 5.41) is 5.24. The second-order valence-electron chi connectivity index (χ2n) is 8.28. The molecule has 2 aromatic heterocycles. The lowest BCUT2D eigenvalue weighted by Gasteiger charge is -2.34. The number of benzene rings is 1. The van der Waals surface area contributed by atoms with Crippen LogP contribution in [0.2, 0.25) is 0 Å². The minimum absolute atomic E-state index is 0.153. The summed E-state index contributed by atoms with van der Waals surface area (Å²) in [7, 11) is 3.27. The van der Waals surface area contributed by atoms with Gasteiger partial charge < -0.3 is 19.4 Å². The molecule has 0 bridgehead atoms. The van der Waals surface area contributed by atoms with Crippen molar-refractivity contribution in [2.24, 2.45) is 17.0 Å². The first-order valence-corrected chi connectivity index (χ1v) is 11.2. The van der Waals surface area contributed by atoms with Crippen LogP contribution in [0.15, 0.2) is 53.2 Å². The monoisotopic (exact) mass is 462 g/mol. The molecule has 0 aliphatic carbocycles. The number of amidine groups is 2. The third-order valence-corrected chi connectivity index (χ3v) is 6.04. The molecule has 1 fully saturated rings. The van der Waals surface area contributed by atoms with Crippen LogP contribution in [0.5, 0.6) is 0 Å². The number of carbonyl (C=O) groups is 1. The number of carbonyl (C=O) groups excluding carboxylic acids is 1. The molecule has 1 aromatic carbocycles. The highest BCUT2D eigenvalue weighted by molar-refractivity contribution is 6.16. The molecule has 0 radical (unpaired) electrons. The lowest BCUT2D eigenvalue weighted by Crippen LogP contribution is -2.46. The van der Waals surface area contributed by atoms with E-state index < -0.39 is 5.97 Å². The van der Waals surface area contributed by atoms with Crippen LogP contribution in [0.3, 0.4) is 0 Å². The summed E-state index contributed by atoms with van der Waals surface area (Å²) in [4.78, 5) is 27.6. The number of ether oxygens (including phenoxy) is 2. The number of morpholine rings is 1. The van der Waals surface area contributed by atoms with E-state index in [0.717, 1.165) is 27.7 Å². The van der Waals surface area contributed by atoms with E-state index in [1.54, 1.807) is 18.2 Å². The van der Waals surface area contributed by atoms with E-state index in [4.69, 9.17) is 19.5 Å². The van der Waals surface area contributed by atoms with Crippen molar-refractivity contribution in [2.75, 3.05) is 26.9 Å². The molecule has 0 spiro atoms. The van der Waals surface area contributed by atoms with Crippen LogP contribution < -0.4 is 0 Å². The number of rotatable bonds is 5. The zero-order valence-electron chi connectivity index (χ0n) is 20.0. The van der Waals surface area contributed by atoms with E-state index in [9.17, 15) is 4.79 Å². The molecule has 1 unspecified atom stereocenters. The molecule has 0 amide bonds. The summed E-state index contributed by atoms with van der Waals surface area (Å²) in [6.07, 6.45) is 5.39. The highest BCUT2D eigenvalue weighted by Crippen LogP contribution is 2.23. The first kappa shape index (κ1) is 23.4. The van der Waals surface area contributed by atoms with Crippen molar-refractivity contribution in [2.45, 2.75) is 26.4 Å². The molecule has 1 aliphatic heterocycles. The van der Waals surface area contributed by atoms with E-state index in [2.05, 4.69) is 28.5 Å². The third-order valence-electron chi connectivity index (χ3n) is 6.04. The van der Waals surface area contributed by atoms with E-state index in [-0.39, 0.29) is 6.04 Å². The zero-order valence-corrected chi connectivity index (χ0v) is 20.0. The average molecular weight is 463 g/mol. The summed E-state index contributed by atoms with van der Waals surface area (Å²) in [6.45, 7) is 10.4. The fourth-order valence-electron chi connectivity index (χ4n) is 4.12. The maximum atomic E-state index is 12.4. The normalized spacial score (nSPS) is 17.3. The van der Waals surface area contributed by atoms with Gasteiger partial charge in [0.05, 0.1) is 50.4 Å². The lowest BCUT2D eigenvalue weighted by molar-refractivity contribution is 0.0337. The van der Waals surface area contributed by atoms with E-state index in [1.165, 1.54) is 7.11 Å². The fraction of sp³-hybridized carbons (Fsp3) is 0.360. The Morgan fingerprint density at radius 1 is 1.44 bits per heavy atom. The second-order valence-corrected chi connectivity index (χ2v) is 8.28. The number of hydrogen-bond acceptors (Lipinski definition) is 5. The molecule has 1 atom stereocenters. The predicted molar refractivity (Wildman–Crippen MR) is 132 cm³/mol. The molecule has 1 N–H and O–H groups in total. The number of nitrogens with zero attached hydrogens (tertiary/aromatic N) is 5. The van der Waals surface area contributed by atoms with Crippen LogP contribution in [-0.4, -0.2) is 70.2 Å². The number of aliphatic imine (C=N–C) groups is 2. The number of aromatic nitrogens is 3. The summed E-state index contributed by atoms with van der Waals surface area (Å²) in [6, 6.07) is 5.66. The molecule has 1 aliphatic rings. The average Bonchev–Trinajstić information content (AvgIpc) is 3.45. The molecular weight excluding hydrogens is 432 g/mol. The number of aromatic amines is 1. The van der Waals surface area contributed by atoms with Crippen LogP contribution in [0.4, 0.5) is 0 Å². The standard InChI is InChI=1S/C25H30N6O3/c1-6-23(31-9-10-34-15-17(31)3)29-24(27-14-22-16(2)13-28-30(22)4)20-11-18(25(32)33-5)12-21-19(20)7-8-26-21/h6-8,11-13,17,26H,1,9-10,14-15H2,2-5H3/b27-24-,29-23+. The number of aryl methyl sites for hydroxylation is 2. The predicted octanol–water partition coefficient (Wildman–Crippen LogP) is 3.25. The van der Waals surface area contributed by atoms with Gasteiger partial charge in [-0.25, -0.2) is 9.79 Å². The van der Waals surface area contributed by atoms with Gasteiger partial charge in [0.1, 0.15) is 5.84 Å². The minimum atomic E-state index is -0.422. The number of H-pyrrole nitrogens is 1. The van der Waals surface area contributed by atoms with Crippen molar-refractivity contribution in [1.82, 2.24) is 19.7 Å². The minimum Gasteiger partial charge on any atom is -0.465 e. The van der Waals surface area contributed by atoms with Gasteiger partial charge in [-0.2, -0.15) is 5.10 Å². The van der Waals surface area contributed by atoms with Gasteiger partial charge in [0.2, 0.25) is 0 Å². The number of nitrogens with one attached hydrogen (secondary N) is 1. The van der Waals surface area contributed by atoms with E-state index in [0.29, 0.717) is 43.5 Å². The van der Waals surface area contributed by atoms with Crippen molar-refractivity contribution in [3.63, 3.8) is 0 Å². The van der Waals surface area contributed by atoms with Gasteiger partial charge in [-0.15, -0.1) is 0 Å². The van der Waals surface area contributed by atoms with Crippen molar-refractivity contribution in [3.8, 4) is 0 Å². The molecular formula is C25H30N6O3. The third kappa shape index (κ3) is 4.65. The Morgan fingerprint density at radius 2 is 2.26 bits per heavy atom. The van der Waals surface area contributed by atoms with Crippen LogP contribution in [-0.2, 0) is 23.1 Å². The molecule has 178 valence electrons. The van der Waals surface area contributed by atoms with Crippen molar-refractivity contribution in [1.29, 1.82) is 0 Å². The van der Waals surface area contributed by atoms with Gasteiger partial charge in [0.25, 0.3) is 0 Å². The molecule has 1 saturated heterocycles. The molecule has 34 heavy (non-hydrogen) atoms. The quantitative estimate of drug-likeness (QED) is 0.357. The van der Waals surface area contributed by atoms with Crippen LogP contribution >= 0.6 is 0 Å². The molecule has 0 saturated carbocycles. The van der Waals surface area contributed by atoms with Crippen LogP contribution in [0, 0.1) is 6.92 Å². The van der Waals surface area contributed by atoms with Crippen molar-refractivity contribution in [3.05, 3.63) is 65.6 Å². The number of esters is 1. The van der Waals surface area contributed by atoms with Gasteiger partial charge in [-0.1, -0.05) is 6.58 Å². The Morgan fingerprint density at radius 3 is 2.94 bits per heavy atom. The fourth-order valence-corrected chi connectivity index (χ4v) is 4.12. The van der Waals surface area contributed by atoms with Gasteiger partial charge in [-0.3, -0.25) is 9.67 Å². The second kappa shape index (κ2) is 10.0.